The van der Waals surface area contributed by atoms with Crippen LogP contribution in [0.15, 0.2) is 54.7 Å². The molecule has 0 saturated heterocycles. The molecule has 2 aromatic carbocycles. The van der Waals surface area contributed by atoms with Gasteiger partial charge in [-0.3, -0.25) is 4.98 Å². The quantitative estimate of drug-likeness (QED) is 0.558. The largest absolute Gasteiger partial charge is 0.478 e. The summed E-state index contributed by atoms with van der Waals surface area (Å²) in [6.45, 7) is 0. The van der Waals surface area contributed by atoms with Crippen LogP contribution in [0.3, 0.4) is 0 Å². The maximum Gasteiger partial charge on any atom is 0.328 e. The van der Waals surface area contributed by atoms with Gasteiger partial charge in [0.05, 0.1) is 5.52 Å². The van der Waals surface area contributed by atoms with Crippen molar-refractivity contribution in [1.29, 1.82) is 0 Å². The fourth-order valence-corrected chi connectivity index (χ4v) is 2.15. The Labute approximate surface area is 109 Å². The summed E-state index contributed by atoms with van der Waals surface area (Å²) < 4.78 is 0. The van der Waals surface area contributed by atoms with Gasteiger partial charge in [0.2, 0.25) is 0 Å². The van der Waals surface area contributed by atoms with Gasteiger partial charge in [-0.15, -0.1) is 0 Å². The van der Waals surface area contributed by atoms with Gasteiger partial charge in [0, 0.05) is 23.0 Å². The lowest BCUT2D eigenvalue weighted by molar-refractivity contribution is -0.131. The Morgan fingerprint density at radius 1 is 1.11 bits per heavy atom. The van der Waals surface area contributed by atoms with Crippen LogP contribution in [0.1, 0.15) is 5.56 Å². The molecule has 0 bridgehead atoms. The van der Waals surface area contributed by atoms with Crippen LogP contribution in [-0.4, -0.2) is 16.1 Å². The average Bonchev–Trinajstić information content (AvgIpc) is 2.44. The highest BCUT2D eigenvalue weighted by Crippen LogP contribution is 2.24. The van der Waals surface area contributed by atoms with Crippen LogP contribution >= 0.6 is 0 Å². The minimum absolute atomic E-state index is 0.831. The Bertz CT molecular complexity index is 806. The van der Waals surface area contributed by atoms with Crippen molar-refractivity contribution >= 4 is 33.7 Å². The van der Waals surface area contributed by atoms with Crippen LogP contribution in [0, 0.1) is 0 Å². The number of nitrogens with zero attached hydrogens (tertiary/aromatic N) is 1. The van der Waals surface area contributed by atoms with Gasteiger partial charge in [-0.05, 0) is 23.1 Å². The second kappa shape index (κ2) is 4.53. The predicted octanol–water partition coefficient (Wildman–Crippen LogP) is 3.49. The number of rotatable bonds is 2. The monoisotopic (exact) mass is 249 g/mol. The third-order valence-corrected chi connectivity index (χ3v) is 3.03. The van der Waals surface area contributed by atoms with Crippen LogP contribution in [0.2, 0.25) is 0 Å². The molecule has 19 heavy (non-hydrogen) atoms. The lowest BCUT2D eigenvalue weighted by Crippen LogP contribution is -1.86. The molecule has 3 nitrogen and oxygen atoms in total. The molecule has 0 radical (unpaired) electrons. The summed E-state index contributed by atoms with van der Waals surface area (Å²) in [6.07, 6.45) is 4.53. The summed E-state index contributed by atoms with van der Waals surface area (Å²) in [4.78, 5) is 14.9. The van der Waals surface area contributed by atoms with E-state index < -0.39 is 5.97 Å². The number of aliphatic carboxylic acids is 1. The molecule has 0 fully saturated rings. The van der Waals surface area contributed by atoms with E-state index in [0.717, 1.165) is 33.3 Å². The molecular formula is C16H11NO2. The highest BCUT2D eigenvalue weighted by molar-refractivity contribution is 6.05. The molecule has 0 aliphatic rings. The summed E-state index contributed by atoms with van der Waals surface area (Å²) in [5.74, 6) is -0.952. The summed E-state index contributed by atoms with van der Waals surface area (Å²) in [5.41, 5.74) is 1.70. The lowest BCUT2D eigenvalue weighted by atomic mass is 10.0. The standard InChI is InChI=1S/C16H11NO2/c18-16(19)8-6-11-5-7-14-13-4-2-1-3-12(13)10-17-15(14)9-11/h1-10H,(H,18,19)/b8-6+. The van der Waals surface area contributed by atoms with E-state index in [1.807, 2.05) is 42.6 Å². The van der Waals surface area contributed by atoms with Gasteiger partial charge >= 0.3 is 5.97 Å². The van der Waals surface area contributed by atoms with Crippen molar-refractivity contribution < 1.29 is 9.90 Å². The Morgan fingerprint density at radius 2 is 1.95 bits per heavy atom. The van der Waals surface area contributed by atoms with Gasteiger partial charge < -0.3 is 5.11 Å². The molecule has 0 atom stereocenters. The van der Waals surface area contributed by atoms with Gasteiger partial charge in [-0.1, -0.05) is 36.4 Å². The highest BCUT2D eigenvalue weighted by Gasteiger charge is 2.01. The van der Waals surface area contributed by atoms with Crippen molar-refractivity contribution in [2.45, 2.75) is 0 Å². The second-order valence-corrected chi connectivity index (χ2v) is 4.29. The molecule has 0 unspecified atom stereocenters. The fraction of sp³-hybridized carbons (Fsp3) is 0. The zero-order chi connectivity index (χ0) is 13.2. The van der Waals surface area contributed by atoms with Gasteiger partial charge in [-0.2, -0.15) is 0 Å². The minimum atomic E-state index is -0.952. The number of fused-ring (bicyclic) bond motifs is 3. The molecule has 1 aromatic heterocycles. The maximum absolute atomic E-state index is 10.5. The van der Waals surface area contributed by atoms with E-state index in [4.69, 9.17) is 5.11 Å². The first kappa shape index (κ1) is 11.4. The van der Waals surface area contributed by atoms with Gasteiger partial charge in [-0.25, -0.2) is 4.79 Å². The Morgan fingerprint density at radius 3 is 2.79 bits per heavy atom. The number of carboxylic acid groups (broad SMARTS) is 1. The smallest absolute Gasteiger partial charge is 0.328 e. The third-order valence-electron chi connectivity index (χ3n) is 3.03. The first-order chi connectivity index (χ1) is 9.24. The molecule has 3 heteroatoms. The van der Waals surface area contributed by atoms with E-state index in [2.05, 4.69) is 11.1 Å². The Balaban J connectivity index is 2.20. The molecule has 0 saturated carbocycles. The average molecular weight is 249 g/mol. The van der Waals surface area contributed by atoms with Crippen molar-refractivity contribution in [2.75, 3.05) is 0 Å². The number of hydrogen-bond donors (Lipinski definition) is 1. The zero-order valence-corrected chi connectivity index (χ0v) is 10.1. The second-order valence-electron chi connectivity index (χ2n) is 4.29. The fourth-order valence-electron chi connectivity index (χ4n) is 2.15. The number of aromatic nitrogens is 1. The van der Waals surface area contributed by atoms with Gasteiger partial charge in [0.15, 0.2) is 0 Å². The zero-order valence-electron chi connectivity index (χ0n) is 10.1. The van der Waals surface area contributed by atoms with Crippen LogP contribution in [0.25, 0.3) is 27.8 Å². The van der Waals surface area contributed by atoms with E-state index >= 15 is 0 Å². The summed E-state index contributed by atoms with van der Waals surface area (Å²) >= 11 is 0. The number of benzene rings is 2. The minimum Gasteiger partial charge on any atom is -0.478 e. The van der Waals surface area contributed by atoms with Gasteiger partial charge in [0.1, 0.15) is 0 Å². The van der Waals surface area contributed by atoms with Crippen LogP contribution in [0.4, 0.5) is 0 Å². The van der Waals surface area contributed by atoms with Crippen molar-refractivity contribution in [3.8, 4) is 0 Å². The number of pyridine rings is 1. The van der Waals surface area contributed by atoms with Crippen molar-refractivity contribution in [3.63, 3.8) is 0 Å². The predicted molar refractivity (Wildman–Crippen MR) is 75.9 cm³/mol. The van der Waals surface area contributed by atoms with Gasteiger partial charge in [0.25, 0.3) is 0 Å². The van der Waals surface area contributed by atoms with E-state index in [-0.39, 0.29) is 0 Å². The topological polar surface area (TPSA) is 50.2 Å². The van der Waals surface area contributed by atoms with E-state index in [9.17, 15) is 4.79 Å². The molecule has 3 aromatic rings. The van der Waals surface area contributed by atoms with Crippen LogP contribution in [0.5, 0.6) is 0 Å². The third kappa shape index (κ3) is 2.18. The summed E-state index contributed by atoms with van der Waals surface area (Å²) in [5, 5.41) is 12.0. The van der Waals surface area contributed by atoms with Crippen LogP contribution in [-0.2, 0) is 4.79 Å². The lowest BCUT2D eigenvalue weighted by Gasteiger charge is -2.03. The van der Waals surface area contributed by atoms with Crippen molar-refractivity contribution in [3.05, 3.63) is 60.3 Å². The first-order valence-electron chi connectivity index (χ1n) is 5.92. The molecular weight excluding hydrogens is 238 g/mol. The highest BCUT2D eigenvalue weighted by atomic mass is 16.4. The molecule has 1 heterocycles. The number of carbonyl (C=O) groups is 1. The summed E-state index contributed by atoms with van der Waals surface area (Å²) in [7, 11) is 0. The number of hydrogen-bond acceptors (Lipinski definition) is 2. The Kier molecular flexibility index (Phi) is 2.72. The molecule has 1 N–H and O–H groups in total. The van der Waals surface area contributed by atoms with Crippen molar-refractivity contribution in [1.82, 2.24) is 4.98 Å². The molecule has 3 rings (SSSR count). The van der Waals surface area contributed by atoms with E-state index in [1.54, 1.807) is 6.08 Å². The SMILES string of the molecule is O=C(O)/C=C/c1ccc2c(c1)ncc1ccccc12. The number of carboxylic acids is 1. The normalized spacial score (nSPS) is 11.4. The van der Waals surface area contributed by atoms with Crippen molar-refractivity contribution in [2.24, 2.45) is 0 Å². The van der Waals surface area contributed by atoms with E-state index in [1.165, 1.54) is 0 Å². The van der Waals surface area contributed by atoms with Crippen LogP contribution < -0.4 is 0 Å². The molecule has 0 aliphatic heterocycles. The summed E-state index contributed by atoms with van der Waals surface area (Å²) in [6, 6.07) is 13.8. The molecule has 0 aliphatic carbocycles. The molecule has 0 spiro atoms. The molecule has 0 amide bonds. The Hall–Kier alpha value is -2.68. The maximum atomic E-state index is 10.5. The first-order valence-corrected chi connectivity index (χ1v) is 5.92. The molecule has 92 valence electrons. The van der Waals surface area contributed by atoms with E-state index in [0.29, 0.717) is 0 Å².